The van der Waals surface area contributed by atoms with Crippen molar-refractivity contribution in [1.82, 2.24) is 9.80 Å². The second-order valence-electron chi connectivity index (χ2n) is 8.34. The summed E-state index contributed by atoms with van der Waals surface area (Å²) in [6.45, 7) is 6.60. The van der Waals surface area contributed by atoms with Crippen LogP contribution < -0.4 is 14.8 Å². The van der Waals surface area contributed by atoms with E-state index in [2.05, 4.69) is 10.2 Å². The highest BCUT2D eigenvalue weighted by Crippen LogP contribution is 2.51. The molecule has 3 fully saturated rings. The molecule has 1 spiro atoms. The van der Waals surface area contributed by atoms with Crippen molar-refractivity contribution in [3.8, 4) is 11.5 Å². The Morgan fingerprint density at radius 3 is 2.43 bits per heavy atom. The van der Waals surface area contributed by atoms with Crippen LogP contribution in [0.2, 0.25) is 0 Å². The molecule has 1 aromatic carbocycles. The first kappa shape index (κ1) is 18.1. The number of morpholine rings is 1. The highest BCUT2D eigenvalue weighted by Gasteiger charge is 2.51. The van der Waals surface area contributed by atoms with Crippen LogP contribution in [-0.4, -0.2) is 74.5 Å². The first-order valence-corrected chi connectivity index (χ1v) is 10.5. The molecule has 152 valence electrons. The van der Waals surface area contributed by atoms with Crippen molar-refractivity contribution in [2.24, 2.45) is 5.41 Å². The van der Waals surface area contributed by atoms with Crippen molar-refractivity contribution < 1.29 is 19.0 Å². The lowest BCUT2D eigenvalue weighted by Gasteiger charge is -2.58. The monoisotopic (exact) mass is 387 g/mol. The summed E-state index contributed by atoms with van der Waals surface area (Å²) in [7, 11) is 0. The van der Waals surface area contributed by atoms with Crippen molar-refractivity contribution in [1.29, 1.82) is 0 Å². The Morgan fingerprint density at radius 2 is 1.71 bits per heavy atom. The molecule has 0 bridgehead atoms. The molecule has 2 saturated heterocycles. The average Bonchev–Trinajstić information content (AvgIpc) is 2.74. The molecular weight excluding hydrogens is 358 g/mol. The van der Waals surface area contributed by atoms with Crippen LogP contribution in [0.4, 0.5) is 10.5 Å². The van der Waals surface area contributed by atoms with Gasteiger partial charge in [0.1, 0.15) is 13.2 Å². The van der Waals surface area contributed by atoms with Gasteiger partial charge in [-0.1, -0.05) is 0 Å². The zero-order valence-corrected chi connectivity index (χ0v) is 16.3. The first-order chi connectivity index (χ1) is 13.7. The molecule has 1 atom stereocenters. The van der Waals surface area contributed by atoms with E-state index in [4.69, 9.17) is 14.2 Å². The minimum atomic E-state index is -0.0197. The molecule has 1 saturated carbocycles. The maximum Gasteiger partial charge on any atom is 0.321 e. The second kappa shape index (κ2) is 7.44. The van der Waals surface area contributed by atoms with Crippen LogP contribution in [0.3, 0.4) is 0 Å². The van der Waals surface area contributed by atoms with Gasteiger partial charge in [-0.05, 0) is 43.2 Å². The summed E-state index contributed by atoms with van der Waals surface area (Å²) in [5.74, 6) is 1.44. The molecule has 0 aromatic heterocycles. The lowest BCUT2D eigenvalue weighted by molar-refractivity contribution is -0.0927. The van der Waals surface area contributed by atoms with E-state index in [0.717, 1.165) is 63.7 Å². The van der Waals surface area contributed by atoms with Gasteiger partial charge in [-0.25, -0.2) is 4.79 Å². The molecule has 5 rings (SSSR count). The standard InChI is InChI=1S/C21H29N3O4/c25-20(22-16-1-2-17-18(15-16)28-14-13-27-17)24-7-5-21(6-8-24)4-3-19(21)23-9-11-26-12-10-23/h1-2,15,19H,3-14H2,(H,22,25). The summed E-state index contributed by atoms with van der Waals surface area (Å²) < 4.78 is 16.7. The van der Waals surface area contributed by atoms with Crippen LogP contribution in [0.25, 0.3) is 0 Å². The lowest BCUT2D eigenvalue weighted by Crippen LogP contribution is -2.61. The van der Waals surface area contributed by atoms with Crippen molar-refractivity contribution in [3.05, 3.63) is 18.2 Å². The van der Waals surface area contributed by atoms with E-state index in [-0.39, 0.29) is 6.03 Å². The highest BCUT2D eigenvalue weighted by atomic mass is 16.6. The van der Waals surface area contributed by atoms with Gasteiger partial charge in [0.25, 0.3) is 0 Å². The van der Waals surface area contributed by atoms with Gasteiger partial charge in [0, 0.05) is 44.0 Å². The fraction of sp³-hybridized carbons (Fsp3) is 0.667. The molecule has 7 nitrogen and oxygen atoms in total. The fourth-order valence-electron chi connectivity index (χ4n) is 5.20. The Balaban J connectivity index is 1.17. The Bertz CT molecular complexity index is 726. The number of nitrogens with zero attached hydrogens (tertiary/aromatic N) is 2. The first-order valence-electron chi connectivity index (χ1n) is 10.5. The van der Waals surface area contributed by atoms with Gasteiger partial charge in [-0.2, -0.15) is 0 Å². The normalized spacial score (nSPS) is 26.6. The van der Waals surface area contributed by atoms with Gasteiger partial charge in [0.2, 0.25) is 0 Å². The number of carbonyl (C=O) groups excluding carboxylic acids is 1. The fourth-order valence-corrected chi connectivity index (χ4v) is 5.20. The number of hydrogen-bond donors (Lipinski definition) is 1. The minimum Gasteiger partial charge on any atom is -0.486 e. The lowest BCUT2D eigenvalue weighted by atomic mass is 9.58. The summed E-state index contributed by atoms with van der Waals surface area (Å²) in [4.78, 5) is 17.3. The molecule has 7 heteroatoms. The Morgan fingerprint density at radius 1 is 0.964 bits per heavy atom. The maximum absolute atomic E-state index is 12.8. The van der Waals surface area contributed by atoms with Crippen LogP contribution in [0, 0.1) is 5.41 Å². The Kier molecular flexibility index (Phi) is 4.80. The molecule has 1 aliphatic carbocycles. The van der Waals surface area contributed by atoms with Crippen LogP contribution in [0.5, 0.6) is 11.5 Å². The van der Waals surface area contributed by atoms with Crippen molar-refractivity contribution in [2.45, 2.75) is 31.7 Å². The number of amides is 2. The summed E-state index contributed by atoms with van der Waals surface area (Å²) in [5, 5.41) is 3.02. The number of hydrogen-bond acceptors (Lipinski definition) is 5. The van der Waals surface area contributed by atoms with Crippen LogP contribution in [0.1, 0.15) is 25.7 Å². The summed E-state index contributed by atoms with van der Waals surface area (Å²) >= 11 is 0. The highest BCUT2D eigenvalue weighted by molar-refractivity contribution is 5.89. The van der Waals surface area contributed by atoms with E-state index in [1.54, 1.807) is 0 Å². The average molecular weight is 387 g/mol. The number of piperidine rings is 1. The quantitative estimate of drug-likeness (QED) is 0.845. The van der Waals surface area contributed by atoms with E-state index in [9.17, 15) is 4.79 Å². The molecular formula is C21H29N3O4. The molecule has 3 heterocycles. The predicted octanol–water partition coefficient (Wildman–Crippen LogP) is 2.57. The third-order valence-corrected chi connectivity index (χ3v) is 6.95. The molecule has 0 radical (unpaired) electrons. The van der Waals surface area contributed by atoms with Crippen molar-refractivity contribution >= 4 is 11.7 Å². The van der Waals surface area contributed by atoms with Crippen LogP contribution >= 0.6 is 0 Å². The van der Waals surface area contributed by atoms with Gasteiger partial charge in [0.15, 0.2) is 11.5 Å². The molecule has 1 unspecified atom stereocenters. The van der Waals surface area contributed by atoms with E-state index in [1.807, 2.05) is 23.1 Å². The summed E-state index contributed by atoms with van der Waals surface area (Å²) in [6, 6.07) is 6.24. The van der Waals surface area contributed by atoms with Crippen LogP contribution in [-0.2, 0) is 4.74 Å². The number of benzene rings is 1. The zero-order valence-electron chi connectivity index (χ0n) is 16.3. The SMILES string of the molecule is O=C(Nc1ccc2c(c1)OCCO2)N1CCC2(CCC2N2CCOCC2)CC1. The number of fused-ring (bicyclic) bond motifs is 1. The van der Waals surface area contributed by atoms with Gasteiger partial charge in [-0.15, -0.1) is 0 Å². The number of carbonyl (C=O) groups is 1. The number of anilines is 1. The number of urea groups is 1. The smallest absolute Gasteiger partial charge is 0.321 e. The van der Waals surface area contributed by atoms with Crippen LogP contribution in [0.15, 0.2) is 18.2 Å². The third kappa shape index (κ3) is 3.31. The number of rotatable bonds is 2. The molecule has 28 heavy (non-hydrogen) atoms. The second-order valence-corrected chi connectivity index (χ2v) is 8.34. The van der Waals surface area contributed by atoms with E-state index in [0.29, 0.717) is 30.4 Å². The maximum atomic E-state index is 12.8. The van der Waals surface area contributed by atoms with E-state index < -0.39 is 0 Å². The number of nitrogens with one attached hydrogen (secondary N) is 1. The number of likely N-dealkylation sites (tertiary alicyclic amines) is 1. The third-order valence-electron chi connectivity index (χ3n) is 6.95. The van der Waals surface area contributed by atoms with Gasteiger partial charge < -0.3 is 24.4 Å². The van der Waals surface area contributed by atoms with E-state index >= 15 is 0 Å². The number of ether oxygens (including phenoxy) is 3. The summed E-state index contributed by atoms with van der Waals surface area (Å²) in [5.41, 5.74) is 1.16. The summed E-state index contributed by atoms with van der Waals surface area (Å²) in [6.07, 6.45) is 4.79. The van der Waals surface area contributed by atoms with Crippen molar-refractivity contribution in [2.75, 3.05) is 57.9 Å². The largest absolute Gasteiger partial charge is 0.486 e. The molecule has 1 aromatic rings. The minimum absolute atomic E-state index is 0.0197. The zero-order chi connectivity index (χ0) is 19.0. The van der Waals surface area contributed by atoms with Gasteiger partial charge in [-0.3, -0.25) is 4.90 Å². The van der Waals surface area contributed by atoms with Gasteiger partial charge in [0.05, 0.1) is 13.2 Å². The molecule has 4 aliphatic rings. The predicted molar refractivity (Wildman–Crippen MR) is 105 cm³/mol. The van der Waals surface area contributed by atoms with Gasteiger partial charge >= 0.3 is 6.03 Å². The Labute approximate surface area is 165 Å². The molecule has 2 amide bonds. The van der Waals surface area contributed by atoms with E-state index in [1.165, 1.54) is 12.8 Å². The molecule has 3 aliphatic heterocycles. The Hall–Kier alpha value is -1.99. The topological polar surface area (TPSA) is 63.3 Å². The van der Waals surface area contributed by atoms with Crippen molar-refractivity contribution in [3.63, 3.8) is 0 Å². The molecule has 1 N–H and O–H groups in total.